The van der Waals surface area contributed by atoms with Gasteiger partial charge in [-0.3, -0.25) is 10.1 Å². The number of pyridine rings is 1. The lowest BCUT2D eigenvalue weighted by Gasteiger charge is -1.99. The molecule has 0 saturated carbocycles. The van der Waals surface area contributed by atoms with Crippen LogP contribution in [-0.2, 0) is 0 Å². The van der Waals surface area contributed by atoms with Gasteiger partial charge in [0, 0.05) is 6.07 Å². The third-order valence-electron chi connectivity index (χ3n) is 2.47. The molecule has 0 aliphatic heterocycles. The average molecular weight is 278 g/mol. The number of benzene rings is 1. The van der Waals surface area contributed by atoms with Crippen LogP contribution in [-0.4, -0.2) is 15.0 Å². The Kier molecular flexibility index (Phi) is 3.69. The van der Waals surface area contributed by atoms with Crippen molar-refractivity contribution in [2.45, 2.75) is 0 Å². The van der Waals surface area contributed by atoms with Crippen molar-refractivity contribution in [1.29, 1.82) is 0 Å². The fraction of sp³-hybridized carbons (Fsp3) is 0. The van der Waals surface area contributed by atoms with Crippen LogP contribution in [0.2, 0.25) is 0 Å². The monoisotopic (exact) mass is 278 g/mol. The van der Waals surface area contributed by atoms with E-state index in [9.17, 15) is 18.9 Å². The normalized spacial score (nSPS) is 10.9. The zero-order valence-electron chi connectivity index (χ0n) is 9.96. The summed E-state index contributed by atoms with van der Waals surface area (Å²) in [6, 6.07) is 4.59. The minimum Gasteiger partial charge on any atom is -0.503 e. The van der Waals surface area contributed by atoms with Gasteiger partial charge in [0.25, 0.3) is 5.69 Å². The minimum atomic E-state index is -1.07. The third-order valence-corrected chi connectivity index (χ3v) is 2.47. The smallest absolute Gasteiger partial charge is 0.287 e. The molecule has 5 nitrogen and oxygen atoms in total. The molecule has 102 valence electrons. The van der Waals surface area contributed by atoms with E-state index in [2.05, 4.69) is 4.98 Å². The summed E-state index contributed by atoms with van der Waals surface area (Å²) in [7, 11) is 0. The van der Waals surface area contributed by atoms with Crippen LogP contribution in [0.5, 0.6) is 5.75 Å². The Labute approximate surface area is 112 Å². The average Bonchev–Trinajstić information content (AvgIpc) is 2.42. The van der Waals surface area contributed by atoms with Crippen molar-refractivity contribution in [3.8, 4) is 5.75 Å². The van der Waals surface area contributed by atoms with Crippen molar-refractivity contribution in [2.24, 2.45) is 0 Å². The summed E-state index contributed by atoms with van der Waals surface area (Å²) in [5.41, 5.74) is 0.436. The first-order chi connectivity index (χ1) is 9.47. The first-order valence-corrected chi connectivity index (χ1v) is 5.44. The highest BCUT2D eigenvalue weighted by molar-refractivity contribution is 5.68. The van der Waals surface area contributed by atoms with E-state index in [1.807, 2.05) is 0 Å². The SMILES string of the molecule is O=[N+]([O-])c1ccc(C=Cc2cc(F)c(O)c(F)c2)nc1. The standard InChI is InChI=1S/C13H8F2N2O3/c14-11-5-8(6-12(15)13(11)18)1-2-9-3-4-10(7-16-9)17(19)20/h1-7,18H. The Balaban J connectivity index is 2.23. The maximum absolute atomic E-state index is 13.1. The zero-order valence-corrected chi connectivity index (χ0v) is 9.96. The van der Waals surface area contributed by atoms with Gasteiger partial charge in [0.2, 0.25) is 0 Å². The van der Waals surface area contributed by atoms with Crippen LogP contribution in [0, 0.1) is 21.7 Å². The van der Waals surface area contributed by atoms with Crippen molar-refractivity contribution in [1.82, 2.24) is 4.98 Å². The van der Waals surface area contributed by atoms with E-state index in [0.29, 0.717) is 5.69 Å². The summed E-state index contributed by atoms with van der Waals surface area (Å²) in [6.07, 6.45) is 3.90. The molecule has 1 aromatic heterocycles. The fourth-order valence-corrected chi connectivity index (χ4v) is 1.47. The maximum Gasteiger partial charge on any atom is 0.287 e. The van der Waals surface area contributed by atoms with E-state index < -0.39 is 22.3 Å². The Morgan fingerprint density at radius 3 is 2.35 bits per heavy atom. The second-order valence-corrected chi connectivity index (χ2v) is 3.86. The molecule has 0 spiro atoms. The van der Waals surface area contributed by atoms with E-state index in [1.54, 1.807) is 0 Å². The Hall–Kier alpha value is -2.83. The first kappa shape index (κ1) is 13.6. The van der Waals surface area contributed by atoms with Gasteiger partial charge in [-0.15, -0.1) is 0 Å². The fourth-order valence-electron chi connectivity index (χ4n) is 1.47. The molecule has 0 bridgehead atoms. The van der Waals surface area contributed by atoms with Crippen molar-refractivity contribution < 1.29 is 18.8 Å². The molecule has 7 heteroatoms. The molecule has 0 amide bonds. The highest BCUT2D eigenvalue weighted by Crippen LogP contribution is 2.22. The largest absolute Gasteiger partial charge is 0.503 e. The van der Waals surface area contributed by atoms with Gasteiger partial charge in [0.05, 0.1) is 10.6 Å². The summed E-state index contributed by atoms with van der Waals surface area (Å²) < 4.78 is 26.2. The van der Waals surface area contributed by atoms with Gasteiger partial charge < -0.3 is 5.11 Å². The van der Waals surface area contributed by atoms with Crippen LogP contribution in [0.15, 0.2) is 30.5 Å². The van der Waals surface area contributed by atoms with Gasteiger partial charge in [0.15, 0.2) is 17.4 Å². The van der Waals surface area contributed by atoms with Gasteiger partial charge in [0.1, 0.15) is 6.20 Å². The van der Waals surface area contributed by atoms with Crippen molar-refractivity contribution in [2.75, 3.05) is 0 Å². The number of phenols is 1. The van der Waals surface area contributed by atoms with Crippen molar-refractivity contribution in [3.63, 3.8) is 0 Å². The molecule has 0 aliphatic carbocycles. The number of nitrogens with zero attached hydrogens (tertiary/aromatic N) is 2. The van der Waals surface area contributed by atoms with E-state index >= 15 is 0 Å². The lowest BCUT2D eigenvalue weighted by atomic mass is 10.1. The molecule has 1 aromatic carbocycles. The molecule has 0 aliphatic rings. The number of aromatic hydroxyl groups is 1. The Bertz CT molecular complexity index is 662. The van der Waals surface area contributed by atoms with Gasteiger partial charge in [-0.2, -0.15) is 0 Å². The summed E-state index contributed by atoms with van der Waals surface area (Å²) in [4.78, 5) is 13.7. The second-order valence-electron chi connectivity index (χ2n) is 3.86. The third kappa shape index (κ3) is 2.94. The molecule has 2 aromatic rings. The van der Waals surface area contributed by atoms with Gasteiger partial charge in [-0.25, -0.2) is 13.8 Å². The van der Waals surface area contributed by atoms with E-state index in [1.165, 1.54) is 24.3 Å². The first-order valence-electron chi connectivity index (χ1n) is 5.44. The van der Waals surface area contributed by atoms with Gasteiger partial charge >= 0.3 is 0 Å². The second kappa shape index (κ2) is 5.43. The maximum atomic E-state index is 13.1. The molecule has 0 atom stereocenters. The van der Waals surface area contributed by atoms with Crippen molar-refractivity contribution in [3.05, 3.63) is 63.5 Å². The quantitative estimate of drug-likeness (QED) is 0.691. The van der Waals surface area contributed by atoms with Crippen molar-refractivity contribution >= 4 is 17.8 Å². The number of halogens is 2. The minimum absolute atomic E-state index is 0.149. The number of rotatable bonds is 3. The molecule has 1 N–H and O–H groups in total. The van der Waals surface area contributed by atoms with Crippen LogP contribution in [0.25, 0.3) is 12.2 Å². The predicted octanol–water partition coefficient (Wildman–Crippen LogP) is 3.14. The molecular weight excluding hydrogens is 270 g/mol. The summed E-state index contributed by atoms with van der Waals surface area (Å²) in [6.45, 7) is 0. The predicted molar refractivity (Wildman–Crippen MR) is 67.8 cm³/mol. The molecule has 0 radical (unpaired) electrons. The highest BCUT2D eigenvalue weighted by atomic mass is 19.1. The molecule has 0 unspecified atom stereocenters. The number of hydrogen-bond donors (Lipinski definition) is 1. The number of nitro groups is 1. The summed E-state index contributed by atoms with van der Waals surface area (Å²) >= 11 is 0. The number of aromatic nitrogens is 1. The number of phenolic OH excluding ortho intramolecular Hbond substituents is 1. The lowest BCUT2D eigenvalue weighted by Crippen LogP contribution is -1.89. The Morgan fingerprint density at radius 2 is 1.85 bits per heavy atom. The summed E-state index contributed by atoms with van der Waals surface area (Å²) in [5.74, 6) is -3.17. The van der Waals surface area contributed by atoms with Crippen LogP contribution in [0.3, 0.4) is 0 Å². The Morgan fingerprint density at radius 1 is 1.20 bits per heavy atom. The number of hydrogen-bond acceptors (Lipinski definition) is 4. The zero-order chi connectivity index (χ0) is 14.7. The van der Waals surface area contributed by atoms with Gasteiger partial charge in [-0.05, 0) is 29.8 Å². The molecule has 0 fully saturated rings. The van der Waals surface area contributed by atoms with Crippen LogP contribution < -0.4 is 0 Å². The van der Waals surface area contributed by atoms with E-state index in [0.717, 1.165) is 18.3 Å². The van der Waals surface area contributed by atoms with E-state index in [4.69, 9.17) is 5.11 Å². The topological polar surface area (TPSA) is 76.3 Å². The lowest BCUT2D eigenvalue weighted by molar-refractivity contribution is -0.385. The van der Waals surface area contributed by atoms with Crippen LogP contribution in [0.4, 0.5) is 14.5 Å². The van der Waals surface area contributed by atoms with E-state index in [-0.39, 0.29) is 11.3 Å². The van der Waals surface area contributed by atoms with Crippen LogP contribution in [0.1, 0.15) is 11.3 Å². The molecule has 0 saturated heterocycles. The summed E-state index contributed by atoms with van der Waals surface area (Å²) in [5, 5.41) is 19.4. The van der Waals surface area contributed by atoms with Crippen LogP contribution >= 0.6 is 0 Å². The highest BCUT2D eigenvalue weighted by Gasteiger charge is 2.08. The molecule has 2 rings (SSSR count). The van der Waals surface area contributed by atoms with Gasteiger partial charge in [-0.1, -0.05) is 6.08 Å². The molecular formula is C13H8F2N2O3. The molecule has 1 heterocycles. The molecule has 20 heavy (non-hydrogen) atoms.